The summed E-state index contributed by atoms with van der Waals surface area (Å²) >= 11 is 0. The van der Waals surface area contributed by atoms with Crippen LogP contribution >= 0.6 is 7.92 Å². The molecule has 0 spiro atoms. The Hall–Kier alpha value is -0.680. The minimum atomic E-state index is -0.170. The summed E-state index contributed by atoms with van der Waals surface area (Å²) in [6.07, 6.45) is 0. The molecule has 0 aliphatic rings. The van der Waals surface area contributed by atoms with Crippen LogP contribution in [0.2, 0.25) is 0 Å². The SMILES string of the molecule is CC.CC(=O)c1ccccc1P(C)C. The molecule has 0 atom stereocenters. The molecule has 1 aromatic carbocycles. The molecule has 0 radical (unpaired) electrons. The van der Waals surface area contributed by atoms with E-state index in [0.29, 0.717) is 0 Å². The predicted octanol–water partition coefficient (Wildman–Crippen LogP) is 3.28. The van der Waals surface area contributed by atoms with Gasteiger partial charge in [-0.15, -0.1) is 0 Å². The van der Waals surface area contributed by atoms with Crippen molar-refractivity contribution in [2.45, 2.75) is 20.8 Å². The number of carbonyl (C=O) groups excluding carboxylic acids is 1. The number of rotatable bonds is 2. The van der Waals surface area contributed by atoms with Crippen molar-refractivity contribution in [2.24, 2.45) is 0 Å². The van der Waals surface area contributed by atoms with E-state index in [1.807, 2.05) is 38.1 Å². The lowest BCUT2D eigenvalue weighted by Crippen LogP contribution is -2.10. The van der Waals surface area contributed by atoms with Crippen LogP contribution < -0.4 is 5.30 Å². The summed E-state index contributed by atoms with van der Waals surface area (Å²) in [4.78, 5) is 11.2. The first-order valence-electron chi connectivity index (χ1n) is 4.90. The number of Topliss-reactive ketones (excluding diaryl/α,β-unsaturated/α-hetero) is 1. The fraction of sp³-hybridized carbons (Fsp3) is 0.417. The summed E-state index contributed by atoms with van der Waals surface area (Å²) < 4.78 is 0. The fourth-order valence-corrected chi connectivity index (χ4v) is 2.26. The average Bonchev–Trinajstić information content (AvgIpc) is 2.20. The second-order valence-corrected chi connectivity index (χ2v) is 5.24. The van der Waals surface area contributed by atoms with E-state index < -0.39 is 0 Å². The Balaban J connectivity index is 0.000000791. The van der Waals surface area contributed by atoms with Gasteiger partial charge in [0.25, 0.3) is 0 Å². The molecular weight excluding hydrogens is 191 g/mol. The Bertz CT molecular complexity index is 292. The standard InChI is InChI=1S/C10H13OP.C2H6/c1-8(11)9-6-4-5-7-10(9)12(2)3;1-2/h4-7H,1-3H3;1-2H3. The van der Waals surface area contributed by atoms with Crippen LogP contribution in [0.4, 0.5) is 0 Å². The molecular formula is C12H19OP. The third-order valence-corrected chi connectivity index (χ3v) is 3.12. The van der Waals surface area contributed by atoms with Gasteiger partial charge in [-0.25, -0.2) is 0 Å². The van der Waals surface area contributed by atoms with E-state index in [4.69, 9.17) is 0 Å². The Morgan fingerprint density at radius 1 is 1.14 bits per heavy atom. The van der Waals surface area contributed by atoms with Gasteiger partial charge in [-0.1, -0.05) is 46.0 Å². The van der Waals surface area contributed by atoms with Gasteiger partial charge in [-0.05, 0) is 25.6 Å². The minimum Gasteiger partial charge on any atom is -0.294 e. The quantitative estimate of drug-likeness (QED) is 0.540. The van der Waals surface area contributed by atoms with Gasteiger partial charge in [-0.3, -0.25) is 4.79 Å². The van der Waals surface area contributed by atoms with Gasteiger partial charge in [0.15, 0.2) is 5.78 Å². The lowest BCUT2D eigenvalue weighted by atomic mass is 10.1. The summed E-state index contributed by atoms with van der Waals surface area (Å²) in [5, 5.41) is 1.21. The van der Waals surface area contributed by atoms with Crippen LogP contribution in [0.5, 0.6) is 0 Å². The van der Waals surface area contributed by atoms with E-state index in [2.05, 4.69) is 13.3 Å². The molecule has 0 fully saturated rings. The van der Waals surface area contributed by atoms with Crippen molar-refractivity contribution in [1.29, 1.82) is 0 Å². The fourth-order valence-electron chi connectivity index (χ4n) is 1.16. The highest BCUT2D eigenvalue weighted by atomic mass is 31.1. The molecule has 0 bridgehead atoms. The number of carbonyl (C=O) groups is 1. The molecule has 0 amide bonds. The maximum atomic E-state index is 11.2. The van der Waals surface area contributed by atoms with Gasteiger partial charge >= 0.3 is 0 Å². The highest BCUT2D eigenvalue weighted by Crippen LogP contribution is 2.25. The number of benzene rings is 1. The van der Waals surface area contributed by atoms with Gasteiger partial charge in [-0.2, -0.15) is 0 Å². The van der Waals surface area contributed by atoms with Gasteiger partial charge in [0.1, 0.15) is 0 Å². The molecule has 1 aromatic rings. The first kappa shape index (κ1) is 13.3. The smallest absolute Gasteiger partial charge is 0.160 e. The summed E-state index contributed by atoms with van der Waals surface area (Å²) in [7, 11) is -0.170. The maximum absolute atomic E-state index is 11.2. The summed E-state index contributed by atoms with van der Waals surface area (Å²) in [6.45, 7) is 9.95. The van der Waals surface area contributed by atoms with Crippen LogP contribution in [-0.4, -0.2) is 19.1 Å². The van der Waals surface area contributed by atoms with Gasteiger partial charge in [0, 0.05) is 5.56 Å². The van der Waals surface area contributed by atoms with Crippen molar-refractivity contribution in [2.75, 3.05) is 13.3 Å². The van der Waals surface area contributed by atoms with Crippen molar-refractivity contribution in [3.8, 4) is 0 Å². The molecule has 1 nitrogen and oxygen atoms in total. The third kappa shape index (κ3) is 3.59. The number of ketones is 1. The molecule has 78 valence electrons. The molecule has 0 saturated heterocycles. The molecule has 0 aromatic heterocycles. The molecule has 0 N–H and O–H groups in total. The molecule has 0 unspecified atom stereocenters. The minimum absolute atomic E-state index is 0.168. The van der Waals surface area contributed by atoms with E-state index in [-0.39, 0.29) is 13.7 Å². The Morgan fingerprint density at radius 3 is 2.00 bits per heavy atom. The summed E-state index contributed by atoms with van der Waals surface area (Å²) in [5.41, 5.74) is 0.883. The predicted molar refractivity (Wildman–Crippen MR) is 66.2 cm³/mol. The first-order chi connectivity index (χ1) is 6.63. The second kappa shape index (κ2) is 6.73. The largest absolute Gasteiger partial charge is 0.294 e. The molecule has 0 aliphatic carbocycles. The number of hydrogen-bond donors (Lipinski definition) is 0. The lowest BCUT2D eigenvalue weighted by molar-refractivity contribution is 0.101. The van der Waals surface area contributed by atoms with Crippen molar-refractivity contribution in [3.05, 3.63) is 29.8 Å². The van der Waals surface area contributed by atoms with E-state index in [1.54, 1.807) is 6.92 Å². The van der Waals surface area contributed by atoms with Gasteiger partial charge in [0.2, 0.25) is 0 Å². The van der Waals surface area contributed by atoms with Crippen LogP contribution in [0.25, 0.3) is 0 Å². The van der Waals surface area contributed by atoms with E-state index in [1.165, 1.54) is 5.30 Å². The molecule has 2 heteroatoms. The monoisotopic (exact) mass is 210 g/mol. The number of hydrogen-bond acceptors (Lipinski definition) is 1. The first-order valence-corrected chi connectivity index (χ1v) is 7.14. The van der Waals surface area contributed by atoms with Crippen LogP contribution in [0.3, 0.4) is 0 Å². The van der Waals surface area contributed by atoms with E-state index in [9.17, 15) is 4.79 Å². The molecule has 14 heavy (non-hydrogen) atoms. The maximum Gasteiger partial charge on any atom is 0.160 e. The molecule has 0 heterocycles. The van der Waals surface area contributed by atoms with Crippen LogP contribution in [0.1, 0.15) is 31.1 Å². The van der Waals surface area contributed by atoms with Crippen molar-refractivity contribution >= 4 is 19.0 Å². The summed E-state index contributed by atoms with van der Waals surface area (Å²) in [5.74, 6) is 0.168. The van der Waals surface area contributed by atoms with Gasteiger partial charge in [0.05, 0.1) is 0 Å². The van der Waals surface area contributed by atoms with Crippen LogP contribution in [0.15, 0.2) is 24.3 Å². The Morgan fingerprint density at radius 2 is 1.64 bits per heavy atom. The zero-order valence-corrected chi connectivity index (χ0v) is 10.6. The lowest BCUT2D eigenvalue weighted by Gasteiger charge is -2.09. The van der Waals surface area contributed by atoms with Crippen molar-refractivity contribution in [1.82, 2.24) is 0 Å². The highest BCUT2D eigenvalue weighted by Gasteiger charge is 2.07. The normalized spacial score (nSPS) is 9.29. The van der Waals surface area contributed by atoms with Crippen molar-refractivity contribution in [3.63, 3.8) is 0 Å². The van der Waals surface area contributed by atoms with Crippen molar-refractivity contribution < 1.29 is 4.79 Å². The average molecular weight is 210 g/mol. The zero-order valence-electron chi connectivity index (χ0n) is 9.66. The Kier molecular flexibility index (Phi) is 6.40. The van der Waals surface area contributed by atoms with Gasteiger partial charge < -0.3 is 0 Å². The highest BCUT2D eigenvalue weighted by molar-refractivity contribution is 7.64. The topological polar surface area (TPSA) is 17.1 Å². The molecule has 0 aliphatic heterocycles. The summed E-state index contributed by atoms with van der Waals surface area (Å²) in [6, 6.07) is 7.85. The van der Waals surface area contributed by atoms with Crippen LogP contribution in [-0.2, 0) is 0 Å². The van der Waals surface area contributed by atoms with E-state index in [0.717, 1.165) is 5.56 Å². The third-order valence-electron chi connectivity index (χ3n) is 1.77. The second-order valence-electron chi connectivity index (χ2n) is 2.97. The Labute approximate surface area is 88.3 Å². The van der Waals surface area contributed by atoms with E-state index >= 15 is 0 Å². The zero-order chi connectivity index (χ0) is 11.1. The van der Waals surface area contributed by atoms with Crippen LogP contribution in [0, 0.1) is 0 Å². The molecule has 0 saturated carbocycles. The molecule has 1 rings (SSSR count).